The van der Waals surface area contributed by atoms with Crippen LogP contribution >= 0.6 is 0 Å². The minimum atomic E-state index is -0.160. The zero-order valence-electron chi connectivity index (χ0n) is 16.1. The Labute approximate surface area is 162 Å². The van der Waals surface area contributed by atoms with Gasteiger partial charge in [-0.1, -0.05) is 42.5 Å². The highest BCUT2D eigenvalue weighted by Crippen LogP contribution is 2.20. The van der Waals surface area contributed by atoms with E-state index in [-0.39, 0.29) is 5.56 Å². The van der Waals surface area contributed by atoms with Gasteiger partial charge in [0.2, 0.25) is 11.9 Å². The molecule has 0 saturated heterocycles. The topological polar surface area (TPSA) is 83.6 Å². The molecule has 140 valence electrons. The van der Waals surface area contributed by atoms with Gasteiger partial charge in [0.15, 0.2) is 0 Å². The van der Waals surface area contributed by atoms with E-state index >= 15 is 0 Å². The van der Waals surface area contributed by atoms with E-state index in [4.69, 9.17) is 0 Å². The Bertz CT molecular complexity index is 1220. The van der Waals surface area contributed by atoms with Crippen LogP contribution in [0.3, 0.4) is 0 Å². The lowest BCUT2D eigenvalue weighted by atomic mass is 10.1. The van der Waals surface area contributed by atoms with Crippen LogP contribution in [0.5, 0.6) is 0 Å². The molecule has 0 aliphatic carbocycles. The molecule has 28 heavy (non-hydrogen) atoms. The zero-order valence-corrected chi connectivity index (χ0v) is 16.1. The number of hydrogen-bond donors (Lipinski definition) is 2. The van der Waals surface area contributed by atoms with Crippen LogP contribution in [-0.2, 0) is 6.42 Å². The van der Waals surface area contributed by atoms with Crippen LogP contribution in [-0.4, -0.2) is 19.9 Å². The number of hydrogen-bond acceptors (Lipinski definition) is 5. The van der Waals surface area contributed by atoms with Crippen LogP contribution in [0.25, 0.3) is 10.9 Å². The lowest BCUT2D eigenvalue weighted by Gasteiger charge is -2.10. The predicted molar refractivity (Wildman–Crippen MR) is 111 cm³/mol. The number of aromatic nitrogens is 4. The monoisotopic (exact) mass is 371 g/mol. The third kappa shape index (κ3) is 3.62. The van der Waals surface area contributed by atoms with Gasteiger partial charge in [0.1, 0.15) is 0 Å². The molecule has 0 amide bonds. The Morgan fingerprint density at radius 3 is 2.46 bits per heavy atom. The molecule has 0 aliphatic rings. The van der Waals surface area contributed by atoms with Crippen LogP contribution in [0.2, 0.25) is 0 Å². The molecule has 0 atom stereocenters. The summed E-state index contributed by atoms with van der Waals surface area (Å²) in [6.07, 6.45) is 0.542. The minimum absolute atomic E-state index is 0.160. The van der Waals surface area contributed by atoms with Gasteiger partial charge >= 0.3 is 0 Å². The van der Waals surface area contributed by atoms with Gasteiger partial charge in [0, 0.05) is 17.4 Å². The van der Waals surface area contributed by atoms with Gasteiger partial charge in [-0.15, -0.1) is 0 Å². The van der Waals surface area contributed by atoms with Crippen molar-refractivity contribution in [3.63, 3.8) is 0 Å². The molecule has 2 heterocycles. The second-order valence-corrected chi connectivity index (χ2v) is 6.92. The van der Waals surface area contributed by atoms with Crippen LogP contribution in [0.15, 0.2) is 53.3 Å². The maximum Gasteiger partial charge on any atom is 0.256 e. The van der Waals surface area contributed by atoms with E-state index in [1.807, 2.05) is 69.3 Å². The molecule has 6 heteroatoms. The smallest absolute Gasteiger partial charge is 0.256 e. The number of rotatable bonds is 4. The summed E-state index contributed by atoms with van der Waals surface area (Å²) >= 11 is 0. The number of anilines is 2. The molecule has 0 unspecified atom stereocenters. The van der Waals surface area contributed by atoms with Gasteiger partial charge in [-0.2, -0.15) is 0 Å². The van der Waals surface area contributed by atoms with Gasteiger partial charge in [0.05, 0.1) is 16.9 Å². The Kier molecular flexibility index (Phi) is 4.61. The third-order valence-corrected chi connectivity index (χ3v) is 4.72. The quantitative estimate of drug-likeness (QED) is 0.567. The van der Waals surface area contributed by atoms with Gasteiger partial charge < -0.3 is 0 Å². The second kappa shape index (κ2) is 7.23. The summed E-state index contributed by atoms with van der Waals surface area (Å²) in [5, 5.41) is 4.05. The highest BCUT2D eigenvalue weighted by molar-refractivity contribution is 5.82. The van der Waals surface area contributed by atoms with E-state index in [9.17, 15) is 4.79 Å². The van der Waals surface area contributed by atoms with Crippen molar-refractivity contribution in [1.29, 1.82) is 0 Å². The summed E-state index contributed by atoms with van der Waals surface area (Å²) < 4.78 is 0. The van der Waals surface area contributed by atoms with Gasteiger partial charge in [-0.25, -0.2) is 15.0 Å². The van der Waals surface area contributed by atoms with E-state index in [0.29, 0.717) is 29.6 Å². The number of fused-ring (bicyclic) bond motifs is 1. The number of aromatic amines is 1. The van der Waals surface area contributed by atoms with Crippen molar-refractivity contribution in [2.24, 2.45) is 0 Å². The van der Waals surface area contributed by atoms with Crippen LogP contribution in [0.4, 0.5) is 11.9 Å². The van der Waals surface area contributed by atoms with E-state index in [1.165, 1.54) is 0 Å². The van der Waals surface area contributed by atoms with E-state index in [1.54, 1.807) is 0 Å². The Morgan fingerprint density at radius 2 is 1.71 bits per heavy atom. The number of nitrogens with one attached hydrogen (secondary N) is 2. The van der Waals surface area contributed by atoms with Crippen molar-refractivity contribution in [1.82, 2.24) is 19.9 Å². The van der Waals surface area contributed by atoms with Gasteiger partial charge in [-0.3, -0.25) is 15.1 Å². The van der Waals surface area contributed by atoms with Crippen molar-refractivity contribution < 1.29 is 0 Å². The predicted octanol–water partition coefficient (Wildman–Crippen LogP) is 3.97. The maximum absolute atomic E-state index is 12.6. The SMILES string of the molecule is Cc1ccc2c(C)nc(Nc3nc(C)c(Cc4ccccc4)c(=O)[nH]3)nc2c1. The van der Waals surface area contributed by atoms with Crippen molar-refractivity contribution in [3.05, 3.63) is 87.0 Å². The summed E-state index contributed by atoms with van der Waals surface area (Å²) in [6.45, 7) is 5.81. The normalized spacial score (nSPS) is 11.0. The summed E-state index contributed by atoms with van der Waals surface area (Å²) in [7, 11) is 0. The molecule has 6 nitrogen and oxygen atoms in total. The van der Waals surface area contributed by atoms with E-state index in [0.717, 1.165) is 27.7 Å². The standard InChI is InChI=1S/C22H21N5O/c1-13-9-10-17-14(2)23-21(25-19(17)11-13)27-22-24-15(3)18(20(28)26-22)12-16-7-5-4-6-8-16/h4-11H,12H2,1-3H3,(H2,23,24,25,26,27,28). The fraction of sp³-hybridized carbons (Fsp3) is 0.182. The molecular weight excluding hydrogens is 350 g/mol. The molecule has 2 aromatic heterocycles. The molecule has 2 aromatic carbocycles. The highest BCUT2D eigenvalue weighted by Gasteiger charge is 2.11. The summed E-state index contributed by atoms with van der Waals surface area (Å²) in [4.78, 5) is 29.0. The fourth-order valence-corrected chi connectivity index (χ4v) is 3.24. The first kappa shape index (κ1) is 17.9. The Morgan fingerprint density at radius 1 is 0.929 bits per heavy atom. The molecule has 4 rings (SSSR count). The van der Waals surface area contributed by atoms with E-state index in [2.05, 4.69) is 25.3 Å². The third-order valence-electron chi connectivity index (χ3n) is 4.72. The van der Waals surface area contributed by atoms with Crippen molar-refractivity contribution in [2.75, 3.05) is 5.32 Å². The summed E-state index contributed by atoms with van der Waals surface area (Å²) in [6, 6.07) is 16.0. The number of aryl methyl sites for hydroxylation is 3. The average molecular weight is 371 g/mol. The van der Waals surface area contributed by atoms with E-state index < -0.39 is 0 Å². The molecule has 0 spiro atoms. The van der Waals surface area contributed by atoms with Crippen molar-refractivity contribution in [2.45, 2.75) is 27.2 Å². The second-order valence-electron chi connectivity index (χ2n) is 6.92. The van der Waals surface area contributed by atoms with Crippen LogP contribution < -0.4 is 10.9 Å². The van der Waals surface area contributed by atoms with Gasteiger partial charge in [-0.05, 0) is 38.0 Å². The molecular formula is C22H21N5O. The van der Waals surface area contributed by atoms with Crippen LogP contribution in [0, 0.1) is 20.8 Å². The first-order valence-electron chi connectivity index (χ1n) is 9.15. The lowest BCUT2D eigenvalue weighted by Crippen LogP contribution is -2.19. The Hall–Kier alpha value is -3.54. The molecule has 2 N–H and O–H groups in total. The lowest BCUT2D eigenvalue weighted by molar-refractivity contribution is 0.978. The summed E-state index contributed by atoms with van der Waals surface area (Å²) in [5.41, 5.74) is 5.10. The first-order chi connectivity index (χ1) is 13.5. The highest BCUT2D eigenvalue weighted by atomic mass is 16.1. The van der Waals surface area contributed by atoms with Gasteiger partial charge in [0.25, 0.3) is 5.56 Å². The molecule has 4 aromatic rings. The molecule has 0 radical (unpaired) electrons. The maximum atomic E-state index is 12.6. The van der Waals surface area contributed by atoms with Crippen molar-refractivity contribution in [3.8, 4) is 0 Å². The molecule has 0 saturated carbocycles. The molecule has 0 bridgehead atoms. The number of benzene rings is 2. The molecule has 0 aliphatic heterocycles. The number of H-pyrrole nitrogens is 1. The summed E-state index contributed by atoms with van der Waals surface area (Å²) in [5.74, 6) is 0.750. The number of nitrogens with zero attached hydrogens (tertiary/aromatic N) is 3. The zero-order chi connectivity index (χ0) is 19.7. The van der Waals surface area contributed by atoms with Crippen molar-refractivity contribution >= 4 is 22.8 Å². The first-order valence-corrected chi connectivity index (χ1v) is 9.15. The minimum Gasteiger partial charge on any atom is -0.294 e. The van der Waals surface area contributed by atoms with Crippen LogP contribution in [0.1, 0.15) is 28.1 Å². The molecule has 0 fully saturated rings. The largest absolute Gasteiger partial charge is 0.294 e. The average Bonchev–Trinajstić information content (AvgIpc) is 2.65. The fourth-order valence-electron chi connectivity index (χ4n) is 3.24. The Balaban J connectivity index is 1.65.